The maximum absolute atomic E-state index is 6.53. The Morgan fingerprint density at radius 1 is 0.970 bits per heavy atom. The maximum atomic E-state index is 6.53. The van der Waals surface area contributed by atoms with Crippen LogP contribution in [0.25, 0.3) is 5.69 Å². The zero-order valence-corrected chi connectivity index (χ0v) is 18.7. The Balaban J connectivity index is 1.20. The number of anilines is 2. The fourth-order valence-corrected chi connectivity index (χ4v) is 3.94. The molecule has 1 saturated heterocycles. The van der Waals surface area contributed by atoms with Gasteiger partial charge in [0.15, 0.2) is 0 Å². The predicted octanol–water partition coefficient (Wildman–Crippen LogP) is 4.56. The van der Waals surface area contributed by atoms with Crippen LogP contribution in [0.15, 0.2) is 72.8 Å². The lowest BCUT2D eigenvalue weighted by atomic mass is 10.2. The molecule has 33 heavy (non-hydrogen) atoms. The van der Waals surface area contributed by atoms with Gasteiger partial charge in [-0.2, -0.15) is 4.68 Å². The van der Waals surface area contributed by atoms with Crippen LogP contribution < -0.4 is 15.0 Å². The fraction of sp³-hybridized carbons (Fsp3) is 0.208. The highest BCUT2D eigenvalue weighted by atomic mass is 35.5. The van der Waals surface area contributed by atoms with Crippen molar-refractivity contribution in [2.24, 2.45) is 0 Å². The van der Waals surface area contributed by atoms with Crippen molar-refractivity contribution < 1.29 is 9.47 Å². The van der Waals surface area contributed by atoms with Gasteiger partial charge in [0.2, 0.25) is 0 Å². The molecule has 1 aliphatic heterocycles. The zero-order valence-electron chi connectivity index (χ0n) is 17.9. The van der Waals surface area contributed by atoms with E-state index in [-0.39, 0.29) is 0 Å². The first-order chi connectivity index (χ1) is 16.3. The van der Waals surface area contributed by atoms with Crippen LogP contribution in [-0.4, -0.2) is 46.5 Å². The second kappa shape index (κ2) is 9.89. The minimum absolute atomic E-state index is 0.307. The molecule has 3 aromatic carbocycles. The first-order valence-corrected chi connectivity index (χ1v) is 11.1. The SMILES string of the molecule is Clc1cc(NCc2ccc(Oc3nnnn3-c3ccccc3)cc2)ccc1N1CCOCC1. The summed E-state index contributed by atoms with van der Waals surface area (Å²) < 4.78 is 12.9. The van der Waals surface area contributed by atoms with E-state index in [0.29, 0.717) is 18.3 Å². The van der Waals surface area contributed by atoms with E-state index in [1.807, 2.05) is 60.7 Å². The summed E-state index contributed by atoms with van der Waals surface area (Å²) in [6.45, 7) is 3.85. The summed E-state index contributed by atoms with van der Waals surface area (Å²) >= 11 is 6.53. The summed E-state index contributed by atoms with van der Waals surface area (Å²) in [5.74, 6) is 0.656. The molecule has 168 valence electrons. The predicted molar refractivity (Wildman–Crippen MR) is 127 cm³/mol. The minimum atomic E-state index is 0.307. The molecule has 1 aliphatic rings. The van der Waals surface area contributed by atoms with Gasteiger partial charge in [-0.05, 0) is 58.5 Å². The average molecular weight is 463 g/mol. The Labute approximate surface area is 196 Å². The average Bonchev–Trinajstić information content (AvgIpc) is 3.33. The van der Waals surface area contributed by atoms with Crippen molar-refractivity contribution in [3.05, 3.63) is 83.4 Å². The molecule has 0 bridgehead atoms. The summed E-state index contributed by atoms with van der Waals surface area (Å²) in [6.07, 6.45) is 0. The molecular formula is C24H23ClN6O2. The van der Waals surface area contributed by atoms with Crippen LogP contribution in [-0.2, 0) is 11.3 Å². The Bertz CT molecular complexity index is 1190. The van der Waals surface area contributed by atoms with Gasteiger partial charge >= 0.3 is 6.01 Å². The zero-order chi connectivity index (χ0) is 22.5. The number of tetrazole rings is 1. The van der Waals surface area contributed by atoms with Crippen molar-refractivity contribution in [3.8, 4) is 17.4 Å². The van der Waals surface area contributed by atoms with Crippen LogP contribution in [0, 0.1) is 0 Å². The topological polar surface area (TPSA) is 77.3 Å². The first-order valence-electron chi connectivity index (χ1n) is 10.7. The normalized spacial score (nSPS) is 13.7. The third kappa shape index (κ3) is 5.08. The van der Waals surface area contributed by atoms with E-state index in [2.05, 4.69) is 37.9 Å². The molecule has 1 N–H and O–H groups in total. The van der Waals surface area contributed by atoms with Crippen LogP contribution in [0.4, 0.5) is 11.4 Å². The summed E-state index contributed by atoms with van der Waals surface area (Å²) in [5.41, 5.74) is 3.96. The summed E-state index contributed by atoms with van der Waals surface area (Å²) in [6, 6.07) is 23.8. The van der Waals surface area contributed by atoms with Gasteiger partial charge < -0.3 is 19.7 Å². The molecule has 0 spiro atoms. The molecule has 0 aliphatic carbocycles. The van der Waals surface area contributed by atoms with E-state index < -0.39 is 0 Å². The lowest BCUT2D eigenvalue weighted by molar-refractivity contribution is 0.122. The van der Waals surface area contributed by atoms with Gasteiger partial charge in [0, 0.05) is 25.3 Å². The molecule has 8 nitrogen and oxygen atoms in total. The molecule has 0 unspecified atom stereocenters. The van der Waals surface area contributed by atoms with Crippen molar-refractivity contribution in [1.82, 2.24) is 20.2 Å². The second-order valence-electron chi connectivity index (χ2n) is 7.57. The molecule has 0 amide bonds. The lowest BCUT2D eigenvalue weighted by Gasteiger charge is -2.29. The molecule has 0 atom stereocenters. The van der Waals surface area contributed by atoms with E-state index in [4.69, 9.17) is 21.1 Å². The molecular weight excluding hydrogens is 440 g/mol. The number of ether oxygens (including phenoxy) is 2. The van der Waals surface area contributed by atoms with Crippen molar-refractivity contribution in [1.29, 1.82) is 0 Å². The highest BCUT2D eigenvalue weighted by Crippen LogP contribution is 2.30. The van der Waals surface area contributed by atoms with Crippen LogP contribution >= 0.6 is 11.6 Å². The highest BCUT2D eigenvalue weighted by Gasteiger charge is 2.14. The molecule has 1 fully saturated rings. The van der Waals surface area contributed by atoms with Gasteiger partial charge in [-0.15, -0.1) is 0 Å². The maximum Gasteiger partial charge on any atom is 0.345 e. The number of nitrogens with one attached hydrogen (secondary N) is 1. The van der Waals surface area contributed by atoms with Crippen LogP contribution in [0.1, 0.15) is 5.56 Å². The molecule has 4 aromatic rings. The standard InChI is InChI=1S/C24H23ClN6O2/c25-22-16-19(8-11-23(22)30-12-14-32-15-13-30)26-17-18-6-9-21(10-7-18)33-24-27-28-29-31(24)20-4-2-1-3-5-20/h1-11,16,26H,12-15,17H2. The van der Waals surface area contributed by atoms with Crippen molar-refractivity contribution in [3.63, 3.8) is 0 Å². The number of benzene rings is 3. The number of hydrogen-bond donors (Lipinski definition) is 1. The molecule has 0 saturated carbocycles. The Hall–Kier alpha value is -3.62. The second-order valence-corrected chi connectivity index (χ2v) is 7.98. The van der Waals surface area contributed by atoms with E-state index in [9.17, 15) is 0 Å². The van der Waals surface area contributed by atoms with Gasteiger partial charge in [-0.3, -0.25) is 0 Å². The third-order valence-electron chi connectivity index (χ3n) is 5.37. The summed E-state index contributed by atoms with van der Waals surface area (Å²) in [4.78, 5) is 2.25. The first kappa shape index (κ1) is 21.2. The van der Waals surface area contributed by atoms with E-state index in [0.717, 1.165) is 54.0 Å². The Kier molecular flexibility index (Phi) is 6.37. The summed E-state index contributed by atoms with van der Waals surface area (Å²) in [5, 5.41) is 15.9. The number of para-hydroxylation sites is 1. The van der Waals surface area contributed by atoms with Gasteiger partial charge in [0.05, 0.1) is 29.6 Å². The van der Waals surface area contributed by atoms with Crippen molar-refractivity contribution in [2.45, 2.75) is 6.54 Å². The minimum Gasteiger partial charge on any atom is -0.423 e. The fourth-order valence-electron chi connectivity index (χ4n) is 3.64. The van der Waals surface area contributed by atoms with Gasteiger partial charge in [-0.25, -0.2) is 0 Å². The largest absolute Gasteiger partial charge is 0.423 e. The summed E-state index contributed by atoms with van der Waals surface area (Å²) in [7, 11) is 0. The number of nitrogens with zero attached hydrogens (tertiary/aromatic N) is 5. The molecule has 0 radical (unpaired) electrons. The van der Waals surface area contributed by atoms with Crippen LogP contribution in [0.3, 0.4) is 0 Å². The molecule has 1 aromatic heterocycles. The molecule has 9 heteroatoms. The quantitative estimate of drug-likeness (QED) is 0.431. The van der Waals surface area contributed by atoms with E-state index >= 15 is 0 Å². The highest BCUT2D eigenvalue weighted by molar-refractivity contribution is 6.33. The van der Waals surface area contributed by atoms with Crippen molar-refractivity contribution >= 4 is 23.0 Å². The molecule has 2 heterocycles. The lowest BCUT2D eigenvalue weighted by Crippen LogP contribution is -2.36. The number of morpholine rings is 1. The molecule has 5 rings (SSSR count). The number of hydrogen-bond acceptors (Lipinski definition) is 7. The third-order valence-corrected chi connectivity index (χ3v) is 5.67. The monoisotopic (exact) mass is 462 g/mol. The van der Waals surface area contributed by atoms with Gasteiger partial charge in [0.25, 0.3) is 0 Å². The van der Waals surface area contributed by atoms with E-state index in [1.165, 1.54) is 0 Å². The van der Waals surface area contributed by atoms with Gasteiger partial charge in [0.1, 0.15) is 5.75 Å². The van der Waals surface area contributed by atoms with Gasteiger partial charge in [-0.1, -0.05) is 47.0 Å². The van der Waals surface area contributed by atoms with Crippen LogP contribution in [0.5, 0.6) is 11.8 Å². The Morgan fingerprint density at radius 2 is 1.76 bits per heavy atom. The number of rotatable bonds is 7. The smallest absolute Gasteiger partial charge is 0.345 e. The van der Waals surface area contributed by atoms with Crippen molar-refractivity contribution in [2.75, 3.05) is 36.5 Å². The number of halogens is 1. The Morgan fingerprint density at radius 3 is 2.52 bits per heavy atom. The van der Waals surface area contributed by atoms with E-state index in [1.54, 1.807) is 4.68 Å². The van der Waals surface area contributed by atoms with Crippen LogP contribution in [0.2, 0.25) is 5.02 Å². The number of aromatic nitrogens is 4.